The van der Waals surface area contributed by atoms with Gasteiger partial charge in [-0.05, 0) is 38.1 Å². The Bertz CT molecular complexity index is 371. The summed E-state index contributed by atoms with van der Waals surface area (Å²) in [7, 11) is 0. The third-order valence-electron chi connectivity index (χ3n) is 4.48. The molecule has 0 aromatic rings. The molecule has 1 saturated carbocycles. The minimum Gasteiger partial charge on any atom is -0.481 e. The van der Waals surface area contributed by atoms with Gasteiger partial charge in [0.25, 0.3) is 0 Å². The quantitative estimate of drug-likeness (QED) is 0.709. The first kappa shape index (κ1) is 16.1. The molecule has 0 aromatic heterocycles. The maximum Gasteiger partial charge on any atom is 0.317 e. The van der Waals surface area contributed by atoms with Crippen molar-refractivity contribution in [2.24, 2.45) is 5.92 Å². The molecule has 120 valence electrons. The minimum absolute atomic E-state index is 0.000301. The fourth-order valence-corrected chi connectivity index (χ4v) is 3.04. The van der Waals surface area contributed by atoms with E-state index in [9.17, 15) is 9.59 Å². The van der Waals surface area contributed by atoms with Crippen LogP contribution in [-0.4, -0.2) is 65.7 Å². The molecular weight excluding hydrogens is 270 g/mol. The summed E-state index contributed by atoms with van der Waals surface area (Å²) >= 11 is 0. The normalized spacial score (nSPS) is 21.8. The van der Waals surface area contributed by atoms with Crippen LogP contribution in [0.3, 0.4) is 0 Å². The number of nitrogens with zero attached hydrogens (tertiary/aromatic N) is 2. The van der Waals surface area contributed by atoms with E-state index < -0.39 is 5.97 Å². The van der Waals surface area contributed by atoms with Crippen molar-refractivity contribution < 1.29 is 14.7 Å². The lowest BCUT2D eigenvalue weighted by atomic mass is 10.0. The Labute approximate surface area is 126 Å². The van der Waals surface area contributed by atoms with Crippen LogP contribution < -0.4 is 5.32 Å². The molecule has 0 spiro atoms. The van der Waals surface area contributed by atoms with E-state index >= 15 is 0 Å². The Balaban J connectivity index is 1.61. The van der Waals surface area contributed by atoms with Gasteiger partial charge < -0.3 is 15.3 Å². The minimum atomic E-state index is -0.752. The molecule has 1 aliphatic carbocycles. The first-order valence-corrected chi connectivity index (χ1v) is 8.08. The van der Waals surface area contributed by atoms with Gasteiger partial charge in [-0.3, -0.25) is 9.69 Å². The van der Waals surface area contributed by atoms with Crippen molar-refractivity contribution in [3.63, 3.8) is 0 Å². The highest BCUT2D eigenvalue weighted by molar-refractivity contribution is 5.74. The van der Waals surface area contributed by atoms with Crippen molar-refractivity contribution >= 4 is 12.0 Å². The lowest BCUT2D eigenvalue weighted by Crippen LogP contribution is -2.42. The van der Waals surface area contributed by atoms with E-state index in [0.717, 1.165) is 32.1 Å². The Kier molecular flexibility index (Phi) is 5.85. The van der Waals surface area contributed by atoms with Crippen molar-refractivity contribution in [1.29, 1.82) is 0 Å². The predicted octanol–water partition coefficient (Wildman–Crippen LogP) is 1.37. The summed E-state index contributed by atoms with van der Waals surface area (Å²) in [4.78, 5) is 26.9. The van der Waals surface area contributed by atoms with Crippen molar-refractivity contribution in [3.8, 4) is 0 Å². The summed E-state index contributed by atoms with van der Waals surface area (Å²) in [5, 5.41) is 11.7. The molecule has 2 N–H and O–H groups in total. The molecule has 2 fully saturated rings. The smallest absolute Gasteiger partial charge is 0.317 e. The number of hydrogen-bond donors (Lipinski definition) is 2. The van der Waals surface area contributed by atoms with Crippen LogP contribution in [0.4, 0.5) is 4.79 Å². The van der Waals surface area contributed by atoms with Crippen molar-refractivity contribution in [1.82, 2.24) is 15.1 Å². The summed E-state index contributed by atoms with van der Waals surface area (Å²) < 4.78 is 0. The molecule has 1 aliphatic heterocycles. The van der Waals surface area contributed by atoms with Gasteiger partial charge in [0, 0.05) is 38.6 Å². The topological polar surface area (TPSA) is 72.9 Å². The molecule has 21 heavy (non-hydrogen) atoms. The average Bonchev–Trinajstić information content (AvgIpc) is 3.18. The van der Waals surface area contributed by atoms with E-state index in [1.165, 1.54) is 12.8 Å². The van der Waals surface area contributed by atoms with Crippen molar-refractivity contribution in [2.45, 2.75) is 45.1 Å². The lowest BCUT2D eigenvalue weighted by Gasteiger charge is -2.22. The van der Waals surface area contributed by atoms with Crippen molar-refractivity contribution in [3.05, 3.63) is 0 Å². The van der Waals surface area contributed by atoms with Crippen LogP contribution in [0.1, 0.15) is 39.0 Å². The van der Waals surface area contributed by atoms with Crippen molar-refractivity contribution in [2.75, 3.05) is 32.7 Å². The molecule has 6 nitrogen and oxygen atoms in total. The van der Waals surface area contributed by atoms with E-state index in [1.807, 2.05) is 4.90 Å². The Hall–Kier alpha value is -1.30. The number of nitrogens with one attached hydrogen (secondary N) is 1. The van der Waals surface area contributed by atoms with E-state index in [1.54, 1.807) is 0 Å². The second-order valence-electron chi connectivity index (χ2n) is 6.12. The van der Waals surface area contributed by atoms with Gasteiger partial charge in [-0.25, -0.2) is 4.79 Å². The molecule has 1 unspecified atom stereocenters. The van der Waals surface area contributed by atoms with E-state index in [2.05, 4.69) is 17.1 Å². The van der Waals surface area contributed by atoms with Gasteiger partial charge in [-0.2, -0.15) is 0 Å². The number of carbonyl (C=O) groups excluding carboxylic acids is 1. The fourth-order valence-electron chi connectivity index (χ4n) is 3.04. The van der Waals surface area contributed by atoms with E-state index in [-0.39, 0.29) is 12.5 Å². The number of amides is 2. The van der Waals surface area contributed by atoms with Crippen LogP contribution in [0.15, 0.2) is 0 Å². The summed E-state index contributed by atoms with van der Waals surface area (Å²) in [5.74, 6) is -0.414. The zero-order valence-electron chi connectivity index (χ0n) is 12.9. The van der Waals surface area contributed by atoms with Gasteiger partial charge in [-0.1, -0.05) is 6.92 Å². The monoisotopic (exact) mass is 297 g/mol. The molecule has 2 aliphatic rings. The lowest BCUT2D eigenvalue weighted by molar-refractivity contribution is -0.137. The van der Waals surface area contributed by atoms with E-state index in [4.69, 9.17) is 5.11 Å². The largest absolute Gasteiger partial charge is 0.481 e. The molecule has 2 rings (SSSR count). The molecule has 0 aromatic carbocycles. The molecule has 1 atom stereocenters. The van der Waals surface area contributed by atoms with Crippen LogP contribution in [-0.2, 0) is 4.79 Å². The summed E-state index contributed by atoms with van der Waals surface area (Å²) in [6.07, 6.45) is 4.37. The first-order valence-electron chi connectivity index (χ1n) is 8.08. The number of carboxylic acids is 1. The molecule has 1 saturated heterocycles. The number of likely N-dealkylation sites (tertiary alicyclic amines) is 1. The number of aliphatic carboxylic acids is 1. The van der Waals surface area contributed by atoms with Crippen LogP contribution in [0.2, 0.25) is 0 Å². The van der Waals surface area contributed by atoms with Gasteiger partial charge in [0.15, 0.2) is 0 Å². The first-order chi connectivity index (χ1) is 10.1. The van der Waals surface area contributed by atoms with Gasteiger partial charge in [0.2, 0.25) is 0 Å². The maximum atomic E-state index is 12.1. The molecule has 2 amide bonds. The third-order valence-corrected chi connectivity index (χ3v) is 4.48. The molecule has 0 bridgehead atoms. The highest BCUT2D eigenvalue weighted by Gasteiger charge is 2.28. The van der Waals surface area contributed by atoms with Crippen LogP contribution in [0.5, 0.6) is 0 Å². The Morgan fingerprint density at radius 1 is 1.33 bits per heavy atom. The van der Waals surface area contributed by atoms with Crippen LogP contribution >= 0.6 is 0 Å². The van der Waals surface area contributed by atoms with Gasteiger partial charge in [0.1, 0.15) is 0 Å². The molecule has 1 heterocycles. The Morgan fingerprint density at radius 2 is 2.10 bits per heavy atom. The number of hydrogen-bond acceptors (Lipinski definition) is 3. The average molecular weight is 297 g/mol. The van der Waals surface area contributed by atoms with E-state index in [0.29, 0.717) is 25.4 Å². The number of rotatable bonds is 8. The highest BCUT2D eigenvalue weighted by Crippen LogP contribution is 2.26. The SMILES string of the molecule is CCN(CCNC(=O)N1CCC(CCC(=O)O)C1)C1CC1. The summed E-state index contributed by atoms with van der Waals surface area (Å²) in [6.45, 7) is 6.26. The number of carbonyl (C=O) groups is 2. The van der Waals surface area contributed by atoms with Crippen LogP contribution in [0, 0.1) is 5.92 Å². The number of likely N-dealkylation sites (N-methyl/N-ethyl adjacent to an activating group) is 1. The second kappa shape index (κ2) is 7.64. The zero-order valence-corrected chi connectivity index (χ0v) is 12.9. The molecule has 6 heteroatoms. The van der Waals surface area contributed by atoms with Crippen LogP contribution in [0.25, 0.3) is 0 Å². The number of carboxylic acid groups (broad SMARTS) is 1. The molecular formula is C15H27N3O3. The summed E-state index contributed by atoms with van der Waals surface area (Å²) in [5.41, 5.74) is 0. The predicted molar refractivity (Wildman–Crippen MR) is 80.2 cm³/mol. The highest BCUT2D eigenvalue weighted by atomic mass is 16.4. The number of urea groups is 1. The van der Waals surface area contributed by atoms with Gasteiger partial charge in [0.05, 0.1) is 0 Å². The molecule has 0 radical (unpaired) electrons. The zero-order chi connectivity index (χ0) is 15.2. The standard InChI is InChI=1S/C15H27N3O3/c1-2-17(13-4-5-13)10-8-16-15(21)18-9-7-12(11-18)3-6-14(19)20/h12-13H,2-11H2,1H3,(H,16,21)(H,19,20). The third kappa shape index (κ3) is 5.19. The Morgan fingerprint density at radius 3 is 2.71 bits per heavy atom. The summed E-state index contributed by atoms with van der Waals surface area (Å²) in [6, 6.07) is 0.735. The second-order valence-corrected chi connectivity index (χ2v) is 6.12. The maximum absolute atomic E-state index is 12.1. The van der Waals surface area contributed by atoms with Gasteiger partial charge >= 0.3 is 12.0 Å². The fraction of sp³-hybridized carbons (Fsp3) is 0.867. The van der Waals surface area contributed by atoms with Gasteiger partial charge in [-0.15, -0.1) is 0 Å².